The van der Waals surface area contributed by atoms with E-state index in [4.69, 9.17) is 0 Å². The number of nitrogens with zero attached hydrogens (tertiary/aromatic N) is 2. The number of nitrogens with one attached hydrogen (secondary N) is 1. The number of aromatic nitrogens is 1. The van der Waals surface area contributed by atoms with Gasteiger partial charge in [0.05, 0.1) is 12.2 Å². The number of carbonyl (C=O) groups excluding carboxylic acids is 1. The summed E-state index contributed by atoms with van der Waals surface area (Å²) in [5.41, 5.74) is 3.57. The summed E-state index contributed by atoms with van der Waals surface area (Å²) in [6.45, 7) is 5.13. The smallest absolute Gasteiger partial charge is 0.254 e. The molecule has 0 bridgehead atoms. The summed E-state index contributed by atoms with van der Waals surface area (Å²) in [6, 6.07) is 13.4. The van der Waals surface area contributed by atoms with Crippen molar-refractivity contribution in [1.29, 1.82) is 0 Å². The Morgan fingerprint density at radius 1 is 1.19 bits per heavy atom. The van der Waals surface area contributed by atoms with Gasteiger partial charge in [-0.1, -0.05) is 6.07 Å². The van der Waals surface area contributed by atoms with Crippen LogP contribution in [0.25, 0.3) is 0 Å². The lowest BCUT2D eigenvalue weighted by molar-refractivity contribution is 0.0750. The first-order valence-electron chi connectivity index (χ1n) is 7.13. The molecular formula is C17H21N3O. The second-order valence-corrected chi connectivity index (χ2v) is 4.92. The molecule has 1 N–H and O–H groups in total. The summed E-state index contributed by atoms with van der Waals surface area (Å²) < 4.78 is 0. The first-order valence-corrected chi connectivity index (χ1v) is 7.13. The number of hydrogen-bond acceptors (Lipinski definition) is 3. The van der Waals surface area contributed by atoms with Gasteiger partial charge in [-0.25, -0.2) is 0 Å². The molecule has 2 aromatic rings. The van der Waals surface area contributed by atoms with Crippen LogP contribution in [-0.2, 0) is 6.54 Å². The summed E-state index contributed by atoms with van der Waals surface area (Å²) in [5.74, 6) is 0.0310. The lowest BCUT2D eigenvalue weighted by atomic mass is 10.1. The molecule has 0 aliphatic carbocycles. The van der Waals surface area contributed by atoms with Gasteiger partial charge in [-0.05, 0) is 50.2 Å². The highest BCUT2D eigenvalue weighted by atomic mass is 16.2. The van der Waals surface area contributed by atoms with E-state index in [1.54, 1.807) is 4.90 Å². The quantitative estimate of drug-likeness (QED) is 0.917. The van der Waals surface area contributed by atoms with E-state index in [0.29, 0.717) is 18.7 Å². The maximum absolute atomic E-state index is 12.5. The molecule has 2 rings (SSSR count). The minimum Gasteiger partial charge on any atom is -0.388 e. The predicted molar refractivity (Wildman–Crippen MR) is 85.4 cm³/mol. The van der Waals surface area contributed by atoms with Crippen LogP contribution in [0.1, 0.15) is 28.7 Å². The van der Waals surface area contributed by atoms with Gasteiger partial charge in [0.15, 0.2) is 0 Å². The van der Waals surface area contributed by atoms with E-state index in [0.717, 1.165) is 17.1 Å². The first-order chi connectivity index (χ1) is 10.1. The van der Waals surface area contributed by atoms with Gasteiger partial charge >= 0.3 is 0 Å². The third kappa shape index (κ3) is 3.81. The van der Waals surface area contributed by atoms with Crippen LogP contribution in [0.2, 0.25) is 0 Å². The molecule has 0 radical (unpaired) electrons. The van der Waals surface area contributed by atoms with E-state index in [1.165, 1.54) is 0 Å². The van der Waals surface area contributed by atoms with Crippen LogP contribution in [0.3, 0.4) is 0 Å². The number of pyridine rings is 1. The number of aryl methyl sites for hydroxylation is 1. The number of anilines is 1. The number of carbonyl (C=O) groups is 1. The van der Waals surface area contributed by atoms with Gasteiger partial charge in [0.25, 0.3) is 5.91 Å². The fraction of sp³-hybridized carbons (Fsp3) is 0.294. The van der Waals surface area contributed by atoms with Crippen LogP contribution < -0.4 is 5.32 Å². The van der Waals surface area contributed by atoms with Crippen molar-refractivity contribution < 1.29 is 4.79 Å². The van der Waals surface area contributed by atoms with E-state index in [-0.39, 0.29) is 5.91 Å². The average molecular weight is 283 g/mol. The summed E-state index contributed by atoms with van der Waals surface area (Å²) in [6.07, 6.45) is 0. The Bertz CT molecular complexity index is 608. The van der Waals surface area contributed by atoms with Crippen LogP contribution in [0.5, 0.6) is 0 Å². The molecule has 0 aliphatic rings. The molecule has 1 aromatic heterocycles. The minimum atomic E-state index is 0.0310. The normalized spacial score (nSPS) is 10.2. The third-order valence-corrected chi connectivity index (χ3v) is 3.39. The van der Waals surface area contributed by atoms with E-state index in [9.17, 15) is 4.79 Å². The van der Waals surface area contributed by atoms with Crippen molar-refractivity contribution in [3.8, 4) is 0 Å². The van der Waals surface area contributed by atoms with Crippen molar-refractivity contribution in [2.24, 2.45) is 0 Å². The fourth-order valence-electron chi connectivity index (χ4n) is 2.17. The molecule has 0 spiro atoms. The molecule has 0 fully saturated rings. The average Bonchev–Trinajstić information content (AvgIpc) is 2.52. The van der Waals surface area contributed by atoms with Crippen LogP contribution in [-0.4, -0.2) is 29.4 Å². The third-order valence-electron chi connectivity index (χ3n) is 3.39. The fourth-order valence-corrected chi connectivity index (χ4v) is 2.17. The van der Waals surface area contributed by atoms with Crippen molar-refractivity contribution in [1.82, 2.24) is 9.88 Å². The Kier molecular flexibility index (Phi) is 4.93. The molecule has 1 amide bonds. The standard InChI is InChI=1S/C17H21N3O/c1-4-20(12-16-7-5-6-13(2)19-16)17(21)14-8-10-15(18-3)11-9-14/h5-11,18H,4,12H2,1-3H3. The Morgan fingerprint density at radius 2 is 1.90 bits per heavy atom. The molecule has 1 aromatic carbocycles. The zero-order valence-corrected chi connectivity index (χ0v) is 12.8. The molecule has 4 heteroatoms. The molecule has 21 heavy (non-hydrogen) atoms. The zero-order chi connectivity index (χ0) is 15.2. The van der Waals surface area contributed by atoms with Crippen molar-refractivity contribution in [2.75, 3.05) is 18.9 Å². The molecule has 0 atom stereocenters. The van der Waals surface area contributed by atoms with Crippen molar-refractivity contribution in [3.05, 3.63) is 59.4 Å². The Balaban J connectivity index is 2.14. The van der Waals surface area contributed by atoms with Gasteiger partial charge in [-0.2, -0.15) is 0 Å². The summed E-state index contributed by atoms with van der Waals surface area (Å²) in [5, 5.41) is 3.05. The van der Waals surface area contributed by atoms with Crippen LogP contribution >= 0.6 is 0 Å². The maximum Gasteiger partial charge on any atom is 0.254 e. The van der Waals surface area contributed by atoms with E-state index < -0.39 is 0 Å². The van der Waals surface area contributed by atoms with Gasteiger partial charge in [-0.3, -0.25) is 9.78 Å². The van der Waals surface area contributed by atoms with Crippen LogP contribution in [0, 0.1) is 6.92 Å². The predicted octanol–water partition coefficient (Wildman–Crippen LogP) is 3.09. The van der Waals surface area contributed by atoms with Crippen LogP contribution in [0.15, 0.2) is 42.5 Å². The topological polar surface area (TPSA) is 45.2 Å². The Labute approximate surface area is 125 Å². The van der Waals surface area contributed by atoms with Gasteiger partial charge in [0.1, 0.15) is 0 Å². The SMILES string of the molecule is CCN(Cc1cccc(C)n1)C(=O)c1ccc(NC)cc1. The second-order valence-electron chi connectivity index (χ2n) is 4.92. The number of rotatable bonds is 5. The van der Waals surface area contributed by atoms with Gasteiger partial charge in [0.2, 0.25) is 0 Å². The van der Waals surface area contributed by atoms with E-state index >= 15 is 0 Å². The molecule has 4 nitrogen and oxygen atoms in total. The second kappa shape index (κ2) is 6.88. The molecule has 0 saturated carbocycles. The molecule has 0 saturated heterocycles. The molecule has 1 heterocycles. The molecule has 0 aliphatic heterocycles. The number of benzene rings is 1. The van der Waals surface area contributed by atoms with Gasteiger partial charge in [-0.15, -0.1) is 0 Å². The lowest BCUT2D eigenvalue weighted by Crippen LogP contribution is -2.30. The highest BCUT2D eigenvalue weighted by Gasteiger charge is 2.15. The summed E-state index contributed by atoms with van der Waals surface area (Å²) >= 11 is 0. The highest BCUT2D eigenvalue weighted by molar-refractivity contribution is 5.94. The zero-order valence-electron chi connectivity index (χ0n) is 12.8. The molecule has 110 valence electrons. The largest absolute Gasteiger partial charge is 0.388 e. The minimum absolute atomic E-state index is 0.0310. The summed E-state index contributed by atoms with van der Waals surface area (Å²) in [7, 11) is 1.86. The van der Waals surface area contributed by atoms with Crippen LogP contribution in [0.4, 0.5) is 5.69 Å². The lowest BCUT2D eigenvalue weighted by Gasteiger charge is -2.21. The Morgan fingerprint density at radius 3 is 2.48 bits per heavy atom. The number of amides is 1. The van der Waals surface area contributed by atoms with Crippen molar-refractivity contribution >= 4 is 11.6 Å². The maximum atomic E-state index is 12.5. The monoisotopic (exact) mass is 283 g/mol. The first kappa shape index (κ1) is 15.0. The van der Waals surface area contributed by atoms with Crippen molar-refractivity contribution in [3.63, 3.8) is 0 Å². The molecular weight excluding hydrogens is 262 g/mol. The summed E-state index contributed by atoms with van der Waals surface area (Å²) in [4.78, 5) is 18.8. The highest BCUT2D eigenvalue weighted by Crippen LogP contribution is 2.13. The van der Waals surface area contributed by atoms with E-state index in [2.05, 4.69) is 10.3 Å². The molecule has 0 unspecified atom stereocenters. The van der Waals surface area contributed by atoms with Gasteiger partial charge in [0, 0.05) is 30.5 Å². The Hall–Kier alpha value is -2.36. The van der Waals surface area contributed by atoms with Crippen molar-refractivity contribution in [2.45, 2.75) is 20.4 Å². The van der Waals surface area contributed by atoms with Gasteiger partial charge < -0.3 is 10.2 Å². The number of hydrogen-bond donors (Lipinski definition) is 1. The van der Waals surface area contributed by atoms with E-state index in [1.807, 2.05) is 63.4 Å².